The first-order valence-corrected chi connectivity index (χ1v) is 4.86. The summed E-state index contributed by atoms with van der Waals surface area (Å²) in [5, 5.41) is 1.35. The van der Waals surface area contributed by atoms with Gasteiger partial charge in [-0.15, -0.1) is 0 Å². The summed E-state index contributed by atoms with van der Waals surface area (Å²) in [5.41, 5.74) is 2.69. The van der Waals surface area contributed by atoms with Gasteiger partial charge in [-0.1, -0.05) is 18.2 Å². The fourth-order valence-electron chi connectivity index (χ4n) is 1.85. The van der Waals surface area contributed by atoms with Crippen molar-refractivity contribution < 1.29 is 4.99 Å². The van der Waals surface area contributed by atoms with Crippen molar-refractivity contribution in [1.82, 2.24) is 4.57 Å². The van der Waals surface area contributed by atoms with Crippen LogP contribution < -0.4 is 4.99 Å². The van der Waals surface area contributed by atoms with Crippen molar-refractivity contribution in [2.24, 2.45) is 7.05 Å². The van der Waals surface area contributed by atoms with Gasteiger partial charge in [0, 0.05) is 30.6 Å². The van der Waals surface area contributed by atoms with E-state index in [9.17, 15) is 0 Å². The largest absolute Gasteiger partial charge is 0.350 e. The van der Waals surface area contributed by atoms with Crippen molar-refractivity contribution in [3.8, 4) is 0 Å². The van der Waals surface area contributed by atoms with Crippen LogP contribution in [0.1, 0.15) is 5.56 Å². The third-order valence-electron chi connectivity index (χ3n) is 2.55. The van der Waals surface area contributed by atoms with Gasteiger partial charge in [0.2, 0.25) is 0 Å². The zero-order chi connectivity index (χ0) is 9.97. The third-order valence-corrected chi connectivity index (χ3v) is 2.55. The lowest BCUT2D eigenvalue weighted by molar-refractivity contribution is -0.446. The molecule has 72 valence electrons. The summed E-state index contributed by atoms with van der Waals surface area (Å²) in [6.07, 6.45) is 3.23. The quantitative estimate of drug-likeness (QED) is 0.675. The van der Waals surface area contributed by atoms with E-state index in [1.807, 2.05) is 0 Å². The lowest BCUT2D eigenvalue weighted by Gasteiger charge is -1.93. The van der Waals surface area contributed by atoms with Gasteiger partial charge in [-0.2, -0.15) is 0 Å². The van der Waals surface area contributed by atoms with Crippen LogP contribution in [-0.4, -0.2) is 17.8 Å². The van der Waals surface area contributed by atoms with Gasteiger partial charge in [-0.3, -0.25) is 4.99 Å². The van der Waals surface area contributed by atoms with E-state index >= 15 is 0 Å². The molecule has 0 fully saturated rings. The highest BCUT2D eigenvalue weighted by atomic mass is 14.9. The Morgan fingerprint density at radius 2 is 2.14 bits per heavy atom. The van der Waals surface area contributed by atoms with E-state index in [2.05, 4.69) is 53.8 Å². The average molecular weight is 187 g/mol. The number of aromatic nitrogens is 1. The molecule has 1 N–H and O–H groups in total. The fourth-order valence-corrected chi connectivity index (χ4v) is 1.85. The molecular formula is C12H15N2+. The van der Waals surface area contributed by atoms with E-state index in [1.54, 1.807) is 0 Å². The molecule has 2 nitrogen and oxygen atoms in total. The van der Waals surface area contributed by atoms with Gasteiger partial charge >= 0.3 is 0 Å². The van der Waals surface area contributed by atoms with Crippen molar-refractivity contribution in [2.75, 3.05) is 6.54 Å². The first-order valence-electron chi connectivity index (χ1n) is 4.86. The van der Waals surface area contributed by atoms with Gasteiger partial charge < -0.3 is 4.57 Å². The normalized spacial score (nSPS) is 10.6. The Morgan fingerprint density at radius 3 is 2.93 bits per heavy atom. The van der Waals surface area contributed by atoms with Crippen LogP contribution in [0.25, 0.3) is 10.9 Å². The molecular weight excluding hydrogens is 172 g/mol. The Kier molecular flexibility index (Phi) is 2.35. The molecule has 1 aromatic carbocycles. The lowest BCUT2D eigenvalue weighted by atomic mass is 10.1. The third kappa shape index (κ3) is 1.43. The number of nitrogens with zero attached hydrogens (tertiary/aromatic N) is 1. The SMILES string of the molecule is C=[NH+]CCc1cn(C)c2ccccc12. The summed E-state index contributed by atoms with van der Waals surface area (Å²) >= 11 is 0. The molecule has 14 heavy (non-hydrogen) atoms. The highest BCUT2D eigenvalue weighted by molar-refractivity contribution is 5.83. The van der Waals surface area contributed by atoms with Crippen LogP contribution in [0.2, 0.25) is 0 Å². The van der Waals surface area contributed by atoms with E-state index in [1.165, 1.54) is 16.5 Å². The van der Waals surface area contributed by atoms with Crippen LogP contribution >= 0.6 is 0 Å². The Labute approximate surface area is 83.9 Å². The summed E-state index contributed by atoms with van der Waals surface area (Å²) < 4.78 is 2.17. The number of hydrogen-bond acceptors (Lipinski definition) is 0. The molecule has 0 atom stereocenters. The first-order chi connectivity index (χ1) is 6.83. The number of nitrogens with one attached hydrogen (secondary N) is 1. The van der Waals surface area contributed by atoms with Crippen LogP contribution in [0.5, 0.6) is 0 Å². The number of benzene rings is 1. The maximum atomic E-state index is 3.63. The second-order valence-electron chi connectivity index (χ2n) is 3.53. The molecule has 1 heterocycles. The topological polar surface area (TPSA) is 18.9 Å². The molecule has 0 bridgehead atoms. The summed E-state index contributed by atoms with van der Waals surface area (Å²) in [5.74, 6) is 0. The van der Waals surface area contributed by atoms with E-state index < -0.39 is 0 Å². The fraction of sp³-hybridized carbons (Fsp3) is 0.250. The van der Waals surface area contributed by atoms with Crippen LogP contribution in [0.4, 0.5) is 0 Å². The zero-order valence-electron chi connectivity index (χ0n) is 8.46. The van der Waals surface area contributed by atoms with E-state index in [-0.39, 0.29) is 0 Å². The molecule has 0 aliphatic rings. The molecule has 0 unspecified atom stereocenters. The second-order valence-corrected chi connectivity index (χ2v) is 3.53. The zero-order valence-corrected chi connectivity index (χ0v) is 8.46. The van der Waals surface area contributed by atoms with E-state index in [0.29, 0.717) is 0 Å². The Hall–Kier alpha value is -1.57. The highest BCUT2D eigenvalue weighted by Crippen LogP contribution is 2.19. The predicted octanol–water partition coefficient (Wildman–Crippen LogP) is 0.502. The van der Waals surface area contributed by atoms with Gasteiger partial charge in [0.1, 0.15) is 13.3 Å². The van der Waals surface area contributed by atoms with Crippen molar-refractivity contribution in [3.05, 3.63) is 36.0 Å². The second kappa shape index (κ2) is 3.66. The summed E-state index contributed by atoms with van der Waals surface area (Å²) in [6.45, 7) is 4.56. The molecule has 0 amide bonds. The summed E-state index contributed by atoms with van der Waals surface area (Å²) in [6, 6.07) is 8.49. The molecule has 2 heteroatoms. The van der Waals surface area contributed by atoms with Crippen LogP contribution in [0, 0.1) is 0 Å². The van der Waals surface area contributed by atoms with Gasteiger partial charge in [0.05, 0.1) is 0 Å². The maximum Gasteiger partial charge on any atom is 0.144 e. The number of para-hydroxylation sites is 1. The van der Waals surface area contributed by atoms with Crippen molar-refractivity contribution in [3.63, 3.8) is 0 Å². The molecule has 0 aliphatic heterocycles. The minimum atomic E-state index is 0.925. The highest BCUT2D eigenvalue weighted by Gasteiger charge is 2.05. The van der Waals surface area contributed by atoms with Gasteiger partial charge in [-0.05, 0) is 11.6 Å². The van der Waals surface area contributed by atoms with Crippen LogP contribution in [0.3, 0.4) is 0 Å². The Balaban J connectivity index is 2.49. The number of aryl methyl sites for hydroxylation is 1. The smallest absolute Gasteiger partial charge is 0.144 e. The van der Waals surface area contributed by atoms with Gasteiger partial charge in [0.25, 0.3) is 0 Å². The molecule has 2 rings (SSSR count). The number of hydrogen-bond donors (Lipinski definition) is 1. The minimum Gasteiger partial charge on any atom is -0.350 e. The molecule has 0 aliphatic carbocycles. The minimum absolute atomic E-state index is 0.925. The van der Waals surface area contributed by atoms with Crippen molar-refractivity contribution >= 4 is 17.6 Å². The van der Waals surface area contributed by atoms with Gasteiger partial charge in [-0.25, -0.2) is 0 Å². The lowest BCUT2D eigenvalue weighted by Crippen LogP contribution is -2.66. The molecule has 0 spiro atoms. The van der Waals surface area contributed by atoms with E-state index in [4.69, 9.17) is 0 Å². The van der Waals surface area contributed by atoms with Gasteiger partial charge in [0.15, 0.2) is 0 Å². The predicted molar refractivity (Wildman–Crippen MR) is 59.6 cm³/mol. The molecule has 2 aromatic rings. The first kappa shape index (κ1) is 9.00. The van der Waals surface area contributed by atoms with E-state index in [0.717, 1.165) is 13.0 Å². The molecule has 0 saturated carbocycles. The number of fused-ring (bicyclic) bond motifs is 1. The molecule has 0 radical (unpaired) electrons. The van der Waals surface area contributed by atoms with Crippen LogP contribution in [-0.2, 0) is 13.5 Å². The van der Waals surface area contributed by atoms with Crippen molar-refractivity contribution in [2.45, 2.75) is 6.42 Å². The molecule has 0 saturated heterocycles. The average Bonchev–Trinajstić information content (AvgIpc) is 2.54. The summed E-state index contributed by atoms with van der Waals surface area (Å²) in [7, 11) is 2.09. The Morgan fingerprint density at radius 1 is 1.36 bits per heavy atom. The Bertz CT molecular complexity index is 454. The van der Waals surface area contributed by atoms with Crippen molar-refractivity contribution in [1.29, 1.82) is 0 Å². The summed E-state index contributed by atoms with van der Waals surface area (Å²) in [4.78, 5) is 2.93. The molecule has 1 aromatic heterocycles. The standard InChI is InChI=1S/C12H14N2/c1-13-8-7-10-9-14(2)12-6-4-3-5-11(10)12/h3-6,9H,1,7-8H2,2H3/p+1. The van der Waals surface area contributed by atoms with Crippen LogP contribution in [0.15, 0.2) is 30.5 Å². The number of rotatable bonds is 3. The monoisotopic (exact) mass is 187 g/mol. The maximum absolute atomic E-state index is 3.63.